The highest BCUT2D eigenvalue weighted by Gasteiger charge is 2.38. The van der Waals surface area contributed by atoms with Gasteiger partial charge in [-0.2, -0.15) is 0 Å². The number of esters is 1. The lowest BCUT2D eigenvalue weighted by atomic mass is 9.97. The molecular weight excluding hydrogens is 646 g/mol. The van der Waals surface area contributed by atoms with Gasteiger partial charge < -0.3 is 30.1 Å². The molecule has 3 rings (SSSR count). The van der Waals surface area contributed by atoms with Gasteiger partial charge in [-0.15, -0.1) is 0 Å². The number of hydrogen-bond donors (Lipinski definition) is 3. The van der Waals surface area contributed by atoms with Crippen LogP contribution in [-0.2, 0) is 36.7 Å². The van der Waals surface area contributed by atoms with Crippen molar-refractivity contribution in [3.8, 4) is 5.75 Å². The molecule has 0 saturated heterocycles. The fourth-order valence-electron chi connectivity index (χ4n) is 5.60. The maximum Gasteiger partial charge on any atom is 0.408 e. The molecule has 3 atom stereocenters. The van der Waals surface area contributed by atoms with Gasteiger partial charge in [0.2, 0.25) is 11.8 Å². The predicted octanol–water partition coefficient (Wildman–Crippen LogP) is 6.97. The van der Waals surface area contributed by atoms with Gasteiger partial charge in [0.25, 0.3) is 0 Å². The summed E-state index contributed by atoms with van der Waals surface area (Å²) in [6, 6.07) is 19.7. The summed E-state index contributed by atoms with van der Waals surface area (Å²) in [7, 11) is 0. The van der Waals surface area contributed by atoms with E-state index in [0.717, 1.165) is 24.0 Å². The van der Waals surface area contributed by atoms with E-state index in [1.54, 1.807) is 59.7 Å². The maximum absolute atomic E-state index is 14.8. The third kappa shape index (κ3) is 13.8. The van der Waals surface area contributed by atoms with Crippen molar-refractivity contribution in [2.75, 3.05) is 6.54 Å². The SMILES string of the molecule is CCCCCN(C(=O)C(Cc1ccc(O)cc1)NC(=O)OC(C)(C)C)C(C(=O)NC(Cc1ccccc1)C(=O)OC(C)(C)C)c1cccc(C)c1. The van der Waals surface area contributed by atoms with Crippen LogP contribution in [-0.4, -0.2) is 63.7 Å². The Balaban J connectivity index is 2.12. The number of carbonyl (C=O) groups excluding carboxylic acids is 4. The fraction of sp³-hybridized carbons (Fsp3) is 0.463. The molecule has 3 aromatic carbocycles. The minimum atomic E-state index is -1.15. The number of aromatic hydroxyl groups is 1. The third-order valence-corrected chi connectivity index (χ3v) is 7.86. The van der Waals surface area contributed by atoms with Crippen molar-refractivity contribution in [3.05, 3.63) is 101 Å². The number of nitrogens with zero attached hydrogens (tertiary/aromatic N) is 1. The number of unbranched alkanes of at least 4 members (excludes halogenated alkanes) is 2. The van der Waals surface area contributed by atoms with Crippen LogP contribution < -0.4 is 10.6 Å². The number of phenols is 1. The molecular formula is C41H55N3O7. The molecule has 10 heteroatoms. The Morgan fingerprint density at radius 1 is 0.745 bits per heavy atom. The molecule has 0 fully saturated rings. The van der Waals surface area contributed by atoms with E-state index in [4.69, 9.17) is 9.47 Å². The van der Waals surface area contributed by atoms with Gasteiger partial charge in [-0.05, 0) is 83.7 Å². The number of aryl methyl sites for hydroxylation is 1. The molecule has 0 aliphatic rings. The maximum atomic E-state index is 14.8. The Labute approximate surface area is 302 Å². The monoisotopic (exact) mass is 701 g/mol. The van der Waals surface area contributed by atoms with Crippen molar-refractivity contribution >= 4 is 23.9 Å². The van der Waals surface area contributed by atoms with Crippen molar-refractivity contribution in [2.24, 2.45) is 0 Å². The Kier molecular flexibility index (Phi) is 14.6. The third-order valence-electron chi connectivity index (χ3n) is 7.86. The summed E-state index contributed by atoms with van der Waals surface area (Å²) >= 11 is 0. The Bertz CT molecular complexity index is 1590. The number of benzene rings is 3. The molecule has 3 aromatic rings. The standard InChI is InChI=1S/C41H55N3O7/c1-9-10-14-24-44(37(47)33(43-39(49)51-41(6,7)8)26-30-20-22-32(45)23-21-30)35(31-19-15-16-28(2)25-31)36(46)42-34(38(48)50-40(3,4)5)27-29-17-12-11-13-18-29/h11-13,15-23,25,33-35,45H,9-10,14,24,26-27H2,1-8H3,(H,42,46)(H,43,49). The number of rotatable bonds is 15. The second-order valence-corrected chi connectivity index (χ2v) is 14.9. The van der Waals surface area contributed by atoms with Gasteiger partial charge in [0.1, 0.15) is 35.1 Å². The highest BCUT2D eigenvalue weighted by Crippen LogP contribution is 2.26. The summed E-state index contributed by atoms with van der Waals surface area (Å²) in [5.74, 6) is -1.58. The van der Waals surface area contributed by atoms with Crippen molar-refractivity contribution in [1.82, 2.24) is 15.5 Å². The molecule has 3 N–H and O–H groups in total. The number of nitrogens with one attached hydrogen (secondary N) is 2. The fourth-order valence-corrected chi connectivity index (χ4v) is 5.60. The van der Waals surface area contributed by atoms with E-state index in [1.165, 1.54) is 17.0 Å². The molecule has 0 aliphatic heterocycles. The van der Waals surface area contributed by atoms with Crippen molar-refractivity contribution in [3.63, 3.8) is 0 Å². The Hall–Kier alpha value is -4.86. The molecule has 0 aromatic heterocycles. The van der Waals surface area contributed by atoms with E-state index in [2.05, 4.69) is 10.6 Å². The van der Waals surface area contributed by atoms with Crippen LogP contribution in [0.2, 0.25) is 0 Å². The number of amides is 3. The van der Waals surface area contributed by atoms with Gasteiger partial charge in [0.05, 0.1) is 0 Å². The lowest BCUT2D eigenvalue weighted by Gasteiger charge is -2.35. The second kappa shape index (κ2) is 18.4. The first-order valence-electron chi connectivity index (χ1n) is 17.7. The average molecular weight is 702 g/mol. The topological polar surface area (TPSA) is 134 Å². The zero-order chi connectivity index (χ0) is 37.8. The first-order chi connectivity index (χ1) is 24.0. The summed E-state index contributed by atoms with van der Waals surface area (Å²) in [5.41, 5.74) is 1.32. The number of alkyl carbamates (subject to hydrolysis) is 1. The molecule has 0 radical (unpaired) electrons. The average Bonchev–Trinajstić information content (AvgIpc) is 3.03. The van der Waals surface area contributed by atoms with Crippen LogP contribution in [0, 0.1) is 6.92 Å². The summed E-state index contributed by atoms with van der Waals surface area (Å²) in [6.07, 6.45) is 1.72. The van der Waals surface area contributed by atoms with Gasteiger partial charge in [0, 0.05) is 19.4 Å². The lowest BCUT2D eigenvalue weighted by molar-refractivity contribution is -0.159. The molecule has 0 bridgehead atoms. The normalized spacial score (nSPS) is 13.3. The highest BCUT2D eigenvalue weighted by atomic mass is 16.6. The second-order valence-electron chi connectivity index (χ2n) is 14.9. The van der Waals surface area contributed by atoms with Crippen LogP contribution in [0.1, 0.15) is 96.0 Å². The van der Waals surface area contributed by atoms with Crippen LogP contribution in [0.3, 0.4) is 0 Å². The smallest absolute Gasteiger partial charge is 0.408 e. The predicted molar refractivity (Wildman–Crippen MR) is 198 cm³/mol. The molecule has 0 aliphatic carbocycles. The molecule has 10 nitrogen and oxygen atoms in total. The first kappa shape index (κ1) is 40.6. The highest BCUT2D eigenvalue weighted by molar-refractivity contribution is 5.94. The Morgan fingerprint density at radius 2 is 1.35 bits per heavy atom. The minimum Gasteiger partial charge on any atom is -0.508 e. The van der Waals surface area contributed by atoms with Crippen LogP contribution in [0.4, 0.5) is 4.79 Å². The summed E-state index contributed by atoms with van der Waals surface area (Å²) in [5, 5.41) is 15.6. The van der Waals surface area contributed by atoms with Gasteiger partial charge >= 0.3 is 12.1 Å². The largest absolute Gasteiger partial charge is 0.508 e. The van der Waals surface area contributed by atoms with E-state index in [1.807, 2.05) is 62.4 Å². The van der Waals surface area contributed by atoms with Crippen molar-refractivity contribution < 1.29 is 33.8 Å². The van der Waals surface area contributed by atoms with Gasteiger partial charge in [0.15, 0.2) is 0 Å². The van der Waals surface area contributed by atoms with E-state index < -0.39 is 53.2 Å². The summed E-state index contributed by atoms with van der Waals surface area (Å²) in [4.78, 5) is 57.8. The number of ether oxygens (including phenoxy) is 2. The van der Waals surface area contributed by atoms with E-state index in [-0.39, 0.29) is 25.1 Å². The van der Waals surface area contributed by atoms with Gasteiger partial charge in [-0.1, -0.05) is 92.1 Å². The molecule has 0 heterocycles. The molecule has 51 heavy (non-hydrogen) atoms. The molecule has 3 unspecified atom stereocenters. The van der Waals surface area contributed by atoms with Gasteiger partial charge in [-0.3, -0.25) is 9.59 Å². The van der Waals surface area contributed by atoms with Gasteiger partial charge in [-0.25, -0.2) is 9.59 Å². The van der Waals surface area contributed by atoms with Crippen molar-refractivity contribution in [1.29, 1.82) is 0 Å². The number of hydrogen-bond acceptors (Lipinski definition) is 7. The molecule has 276 valence electrons. The van der Waals surface area contributed by atoms with E-state index in [9.17, 15) is 24.3 Å². The number of carbonyl (C=O) groups is 4. The van der Waals surface area contributed by atoms with Crippen LogP contribution in [0.25, 0.3) is 0 Å². The van der Waals surface area contributed by atoms with Crippen LogP contribution in [0.15, 0.2) is 78.9 Å². The quantitative estimate of drug-likeness (QED) is 0.115. The molecule has 0 spiro atoms. The van der Waals surface area contributed by atoms with Crippen molar-refractivity contribution in [2.45, 2.75) is 117 Å². The Morgan fingerprint density at radius 3 is 1.94 bits per heavy atom. The van der Waals surface area contributed by atoms with E-state index >= 15 is 0 Å². The van der Waals surface area contributed by atoms with Crippen LogP contribution in [0.5, 0.6) is 5.75 Å². The molecule has 0 saturated carbocycles. The molecule has 3 amide bonds. The lowest BCUT2D eigenvalue weighted by Crippen LogP contribution is -2.55. The zero-order valence-corrected chi connectivity index (χ0v) is 31.3. The first-order valence-corrected chi connectivity index (χ1v) is 17.7. The number of phenolic OH excluding ortho intramolecular Hbond substituents is 1. The summed E-state index contributed by atoms with van der Waals surface area (Å²) in [6.45, 7) is 14.6. The summed E-state index contributed by atoms with van der Waals surface area (Å²) < 4.78 is 11.3. The van der Waals surface area contributed by atoms with E-state index in [0.29, 0.717) is 17.5 Å². The zero-order valence-electron chi connectivity index (χ0n) is 31.3. The minimum absolute atomic E-state index is 0.0640. The van der Waals surface area contributed by atoms with Crippen LogP contribution >= 0.6 is 0 Å².